The van der Waals surface area contributed by atoms with Gasteiger partial charge in [-0.2, -0.15) is 4.98 Å². The Morgan fingerprint density at radius 3 is 2.72 bits per heavy atom. The van der Waals surface area contributed by atoms with E-state index in [9.17, 15) is 9.59 Å². The van der Waals surface area contributed by atoms with Crippen LogP contribution < -0.4 is 0 Å². The van der Waals surface area contributed by atoms with Crippen LogP contribution in [0.1, 0.15) is 25.2 Å². The van der Waals surface area contributed by atoms with Gasteiger partial charge in [-0.25, -0.2) is 0 Å². The summed E-state index contributed by atoms with van der Waals surface area (Å²) in [6, 6.07) is 7.76. The highest BCUT2D eigenvalue weighted by molar-refractivity contribution is 5.79. The average molecular weight is 342 g/mol. The van der Waals surface area contributed by atoms with Gasteiger partial charge >= 0.3 is 0 Å². The molecule has 0 spiro atoms. The van der Waals surface area contributed by atoms with Gasteiger partial charge in [-0.3, -0.25) is 9.59 Å². The van der Waals surface area contributed by atoms with Crippen LogP contribution in [0.25, 0.3) is 11.5 Å². The number of aromatic nitrogens is 2. The standard InChI is InChI=1S/C18H22N4O3/c1-12-6-4-5-7-15(12)18-19-16(20-25-18)10-17(24)21-8-9-22(14(3)23)13(2)11-21/h4-7,13H,8-11H2,1-3H3. The lowest BCUT2D eigenvalue weighted by Crippen LogP contribution is -2.55. The fourth-order valence-electron chi connectivity index (χ4n) is 3.15. The van der Waals surface area contributed by atoms with E-state index in [1.165, 1.54) is 0 Å². The van der Waals surface area contributed by atoms with Gasteiger partial charge in [0.1, 0.15) is 0 Å². The Bertz CT molecular complexity index is 786. The van der Waals surface area contributed by atoms with Crippen molar-refractivity contribution in [2.45, 2.75) is 33.2 Å². The van der Waals surface area contributed by atoms with Crippen LogP contribution in [0, 0.1) is 6.92 Å². The number of aryl methyl sites for hydroxylation is 1. The van der Waals surface area contributed by atoms with Crippen molar-refractivity contribution in [1.29, 1.82) is 0 Å². The van der Waals surface area contributed by atoms with E-state index < -0.39 is 0 Å². The summed E-state index contributed by atoms with van der Waals surface area (Å²) < 4.78 is 5.30. The van der Waals surface area contributed by atoms with E-state index in [4.69, 9.17) is 4.52 Å². The first-order valence-corrected chi connectivity index (χ1v) is 8.39. The molecule has 1 fully saturated rings. The molecule has 0 N–H and O–H groups in total. The van der Waals surface area contributed by atoms with Crippen molar-refractivity contribution in [1.82, 2.24) is 19.9 Å². The Balaban J connectivity index is 1.65. The summed E-state index contributed by atoms with van der Waals surface area (Å²) in [7, 11) is 0. The SMILES string of the molecule is CC(=O)N1CCN(C(=O)Cc2noc(-c3ccccc3C)n2)CC1C. The summed E-state index contributed by atoms with van der Waals surface area (Å²) in [6.07, 6.45) is 0.0994. The molecule has 1 saturated heterocycles. The number of rotatable bonds is 3. The molecule has 1 aliphatic rings. The number of amides is 2. The number of benzene rings is 1. The molecular formula is C18H22N4O3. The van der Waals surface area contributed by atoms with Crippen molar-refractivity contribution in [2.24, 2.45) is 0 Å². The van der Waals surface area contributed by atoms with Crippen molar-refractivity contribution in [2.75, 3.05) is 19.6 Å². The van der Waals surface area contributed by atoms with Crippen molar-refractivity contribution < 1.29 is 14.1 Å². The zero-order valence-corrected chi connectivity index (χ0v) is 14.7. The predicted octanol–water partition coefficient (Wildman–Crippen LogP) is 1.67. The fraction of sp³-hybridized carbons (Fsp3) is 0.444. The van der Waals surface area contributed by atoms with Gasteiger partial charge in [0.05, 0.1) is 6.42 Å². The normalized spacial score (nSPS) is 17.6. The second-order valence-electron chi connectivity index (χ2n) is 6.41. The molecule has 0 bridgehead atoms. The molecule has 7 heteroatoms. The highest BCUT2D eigenvalue weighted by Crippen LogP contribution is 2.21. The number of nitrogens with zero attached hydrogens (tertiary/aromatic N) is 4. The monoisotopic (exact) mass is 342 g/mol. The van der Waals surface area contributed by atoms with Crippen LogP contribution in [0.2, 0.25) is 0 Å². The summed E-state index contributed by atoms with van der Waals surface area (Å²) in [5.74, 6) is 0.799. The third kappa shape index (κ3) is 3.70. The van der Waals surface area contributed by atoms with Gasteiger partial charge in [-0.15, -0.1) is 0 Å². The van der Waals surface area contributed by atoms with Gasteiger partial charge in [0.15, 0.2) is 5.82 Å². The molecule has 1 unspecified atom stereocenters. The number of piperazine rings is 1. The minimum atomic E-state index is -0.0489. The van der Waals surface area contributed by atoms with Crippen LogP contribution in [0.4, 0.5) is 0 Å². The Hall–Kier alpha value is -2.70. The fourth-order valence-corrected chi connectivity index (χ4v) is 3.15. The second kappa shape index (κ2) is 7.04. The first-order valence-electron chi connectivity index (χ1n) is 8.39. The lowest BCUT2D eigenvalue weighted by Gasteiger charge is -2.39. The van der Waals surface area contributed by atoms with Gasteiger partial charge in [-0.05, 0) is 25.5 Å². The molecule has 0 saturated carbocycles. The third-order valence-electron chi connectivity index (χ3n) is 4.54. The van der Waals surface area contributed by atoms with E-state index in [2.05, 4.69) is 10.1 Å². The molecule has 1 aromatic carbocycles. The van der Waals surface area contributed by atoms with Gasteiger partial charge < -0.3 is 14.3 Å². The second-order valence-corrected chi connectivity index (χ2v) is 6.41. The zero-order valence-electron chi connectivity index (χ0n) is 14.7. The summed E-state index contributed by atoms with van der Waals surface area (Å²) in [6.45, 7) is 7.10. The van der Waals surface area contributed by atoms with Gasteiger partial charge in [0.2, 0.25) is 11.8 Å². The van der Waals surface area contributed by atoms with Crippen LogP contribution in [0.3, 0.4) is 0 Å². The number of hydrogen-bond donors (Lipinski definition) is 0. The molecule has 2 amide bonds. The maximum absolute atomic E-state index is 12.5. The van der Waals surface area contributed by atoms with E-state index in [1.807, 2.05) is 38.1 Å². The van der Waals surface area contributed by atoms with Crippen molar-refractivity contribution in [3.63, 3.8) is 0 Å². The first kappa shape index (κ1) is 17.1. The predicted molar refractivity (Wildman–Crippen MR) is 91.6 cm³/mol. The van der Waals surface area contributed by atoms with Gasteiger partial charge in [-0.1, -0.05) is 23.4 Å². The molecule has 1 atom stereocenters. The summed E-state index contributed by atoms with van der Waals surface area (Å²) >= 11 is 0. The van der Waals surface area contributed by atoms with Crippen LogP contribution in [-0.4, -0.2) is 57.4 Å². The summed E-state index contributed by atoms with van der Waals surface area (Å²) in [5.41, 5.74) is 1.91. The van der Waals surface area contributed by atoms with Crippen molar-refractivity contribution in [3.05, 3.63) is 35.7 Å². The molecule has 0 radical (unpaired) electrons. The Morgan fingerprint density at radius 1 is 1.28 bits per heavy atom. The quantitative estimate of drug-likeness (QED) is 0.848. The summed E-state index contributed by atoms with van der Waals surface area (Å²) in [5, 5.41) is 3.93. The molecule has 2 heterocycles. The minimum Gasteiger partial charge on any atom is -0.338 e. The molecule has 25 heavy (non-hydrogen) atoms. The average Bonchev–Trinajstić information content (AvgIpc) is 3.03. The maximum atomic E-state index is 12.5. The Kier molecular flexibility index (Phi) is 4.83. The van der Waals surface area contributed by atoms with Crippen LogP contribution in [0.5, 0.6) is 0 Å². The largest absolute Gasteiger partial charge is 0.338 e. The zero-order chi connectivity index (χ0) is 18.0. The highest BCUT2D eigenvalue weighted by atomic mass is 16.5. The smallest absolute Gasteiger partial charge is 0.258 e. The van der Waals surface area contributed by atoms with E-state index in [-0.39, 0.29) is 24.3 Å². The van der Waals surface area contributed by atoms with Crippen LogP contribution in [0.15, 0.2) is 28.8 Å². The van der Waals surface area contributed by atoms with Crippen LogP contribution in [-0.2, 0) is 16.0 Å². The molecule has 2 aromatic rings. The van der Waals surface area contributed by atoms with Gasteiger partial charge in [0.25, 0.3) is 5.89 Å². The van der Waals surface area contributed by atoms with E-state index in [1.54, 1.807) is 16.7 Å². The number of carbonyl (C=O) groups excluding carboxylic acids is 2. The number of carbonyl (C=O) groups is 2. The molecule has 7 nitrogen and oxygen atoms in total. The van der Waals surface area contributed by atoms with Gasteiger partial charge in [0, 0.05) is 38.2 Å². The molecule has 1 aliphatic heterocycles. The highest BCUT2D eigenvalue weighted by Gasteiger charge is 2.28. The van der Waals surface area contributed by atoms with E-state index in [0.29, 0.717) is 31.3 Å². The molecule has 3 rings (SSSR count). The lowest BCUT2D eigenvalue weighted by molar-refractivity contribution is -0.140. The maximum Gasteiger partial charge on any atom is 0.258 e. The van der Waals surface area contributed by atoms with Crippen LogP contribution >= 0.6 is 0 Å². The van der Waals surface area contributed by atoms with E-state index >= 15 is 0 Å². The lowest BCUT2D eigenvalue weighted by atomic mass is 10.1. The summed E-state index contributed by atoms with van der Waals surface area (Å²) in [4.78, 5) is 31.9. The Morgan fingerprint density at radius 2 is 2.04 bits per heavy atom. The molecular weight excluding hydrogens is 320 g/mol. The van der Waals surface area contributed by atoms with Crippen molar-refractivity contribution in [3.8, 4) is 11.5 Å². The van der Waals surface area contributed by atoms with Crippen molar-refractivity contribution >= 4 is 11.8 Å². The minimum absolute atomic E-state index is 0.0167. The third-order valence-corrected chi connectivity index (χ3v) is 4.54. The first-order chi connectivity index (χ1) is 12.0. The topological polar surface area (TPSA) is 79.5 Å². The number of hydrogen-bond acceptors (Lipinski definition) is 5. The molecule has 1 aromatic heterocycles. The van der Waals surface area contributed by atoms with E-state index in [0.717, 1.165) is 11.1 Å². The Labute approximate surface area is 146 Å². The molecule has 0 aliphatic carbocycles. The molecule has 132 valence electrons.